The number of methoxy groups -OCH3 is 1. The Kier molecular flexibility index (Phi) is 6.36. The lowest BCUT2D eigenvalue weighted by molar-refractivity contribution is 0.415. The van der Waals surface area contributed by atoms with Gasteiger partial charge in [-0.25, -0.2) is 17.7 Å². The molecule has 0 aliphatic carbocycles. The van der Waals surface area contributed by atoms with E-state index in [1.54, 1.807) is 19.2 Å². The lowest BCUT2D eigenvalue weighted by Crippen LogP contribution is -2.22. The van der Waals surface area contributed by atoms with Gasteiger partial charge in [-0.05, 0) is 42.0 Å². The maximum atomic E-state index is 12.3. The highest BCUT2D eigenvalue weighted by atomic mass is 32.2. The summed E-state index contributed by atoms with van der Waals surface area (Å²) in [4.78, 5) is 5.83. The minimum absolute atomic E-state index is 0.264. The normalized spacial score (nSPS) is 12.3. The molecular weight excluding hydrogens is 406 g/mol. The van der Waals surface area contributed by atoms with E-state index in [4.69, 9.17) is 9.73 Å². The van der Waals surface area contributed by atoms with Gasteiger partial charge in [0.2, 0.25) is 10.0 Å². The first-order chi connectivity index (χ1) is 13.9. The molecule has 8 heteroatoms. The zero-order chi connectivity index (χ0) is 21.0. The Balaban J connectivity index is 2.02. The van der Waals surface area contributed by atoms with Crippen molar-refractivity contribution in [2.45, 2.75) is 11.4 Å². The first kappa shape index (κ1) is 21.0. The average molecular weight is 430 g/mol. The Bertz CT molecular complexity index is 1160. The second-order valence-electron chi connectivity index (χ2n) is 6.42. The fourth-order valence-electron chi connectivity index (χ4n) is 2.73. The summed E-state index contributed by atoms with van der Waals surface area (Å²) in [6, 6.07) is 14.4. The summed E-state index contributed by atoms with van der Waals surface area (Å²) in [5.41, 5.74) is 2.69. The predicted octanol–water partition coefficient (Wildman–Crippen LogP) is 3.89. The van der Waals surface area contributed by atoms with Crippen LogP contribution in [0.2, 0.25) is 0 Å². The number of ether oxygens (including phenoxy) is 1. The molecule has 0 aliphatic rings. The highest BCUT2D eigenvalue weighted by Crippen LogP contribution is 2.24. The molecule has 0 amide bonds. The number of sulfonamides is 1. The van der Waals surface area contributed by atoms with Crippen molar-refractivity contribution in [1.29, 1.82) is 0 Å². The van der Waals surface area contributed by atoms with Gasteiger partial charge in [0.05, 0.1) is 23.4 Å². The summed E-state index contributed by atoms with van der Waals surface area (Å²) in [6.45, 7) is 4.44. The van der Waals surface area contributed by atoms with E-state index >= 15 is 0 Å². The van der Waals surface area contributed by atoms with E-state index in [2.05, 4.69) is 11.1 Å². The molecule has 6 nitrogen and oxygen atoms in total. The van der Waals surface area contributed by atoms with Gasteiger partial charge in [-0.1, -0.05) is 18.2 Å². The molecule has 3 rings (SSSR count). The van der Waals surface area contributed by atoms with E-state index in [1.807, 2.05) is 47.9 Å². The first-order valence-electron chi connectivity index (χ1n) is 8.88. The van der Waals surface area contributed by atoms with Gasteiger partial charge in [0, 0.05) is 26.0 Å². The Labute approximate surface area is 175 Å². The molecule has 0 saturated carbocycles. The number of hydrogen-bond donors (Lipinski definition) is 0. The quantitative estimate of drug-likeness (QED) is 0.535. The van der Waals surface area contributed by atoms with Crippen LogP contribution in [0.5, 0.6) is 5.75 Å². The van der Waals surface area contributed by atoms with Gasteiger partial charge in [0.15, 0.2) is 4.80 Å². The molecule has 0 unspecified atom stereocenters. The number of benzene rings is 2. The molecule has 0 fully saturated rings. The Morgan fingerprint density at radius 3 is 2.34 bits per heavy atom. The van der Waals surface area contributed by atoms with E-state index in [9.17, 15) is 8.42 Å². The van der Waals surface area contributed by atoms with Gasteiger partial charge in [0.25, 0.3) is 0 Å². The standard InChI is InChI=1S/C21H23N3O3S2/c1-5-14-24-20(16-6-12-19(13-7-16)29(25,26)23(2)3)15-28-21(24)22-17-8-10-18(27-4)11-9-17/h5-13,15H,1,14H2,2-4H3. The molecule has 1 heterocycles. The number of rotatable bonds is 7. The van der Waals surface area contributed by atoms with E-state index in [0.717, 1.165) is 27.5 Å². The van der Waals surface area contributed by atoms with Crippen molar-refractivity contribution < 1.29 is 13.2 Å². The van der Waals surface area contributed by atoms with Crippen molar-refractivity contribution >= 4 is 27.0 Å². The maximum absolute atomic E-state index is 12.3. The highest BCUT2D eigenvalue weighted by molar-refractivity contribution is 7.89. The summed E-state index contributed by atoms with van der Waals surface area (Å²) in [5.74, 6) is 0.780. The van der Waals surface area contributed by atoms with Gasteiger partial charge in [-0.2, -0.15) is 0 Å². The minimum atomic E-state index is -3.45. The summed E-state index contributed by atoms with van der Waals surface area (Å²) >= 11 is 1.52. The number of thiazole rings is 1. The summed E-state index contributed by atoms with van der Waals surface area (Å²) < 4.78 is 33.0. The lowest BCUT2D eigenvalue weighted by atomic mass is 10.2. The summed E-state index contributed by atoms with van der Waals surface area (Å²) in [5, 5.41) is 2.02. The topological polar surface area (TPSA) is 63.9 Å². The molecule has 0 radical (unpaired) electrons. The van der Waals surface area contributed by atoms with Crippen molar-refractivity contribution in [2.24, 2.45) is 4.99 Å². The molecule has 0 bridgehead atoms. The van der Waals surface area contributed by atoms with Crippen LogP contribution in [-0.4, -0.2) is 38.5 Å². The molecule has 0 N–H and O–H groups in total. The van der Waals surface area contributed by atoms with Crippen molar-refractivity contribution in [3.8, 4) is 17.0 Å². The van der Waals surface area contributed by atoms with Crippen molar-refractivity contribution in [1.82, 2.24) is 8.87 Å². The molecular formula is C21H23N3O3S2. The van der Waals surface area contributed by atoms with Gasteiger partial charge in [0.1, 0.15) is 5.75 Å². The van der Waals surface area contributed by atoms with Crippen LogP contribution >= 0.6 is 11.3 Å². The van der Waals surface area contributed by atoms with E-state index in [-0.39, 0.29) is 4.90 Å². The molecule has 0 atom stereocenters. The third-order valence-electron chi connectivity index (χ3n) is 4.34. The minimum Gasteiger partial charge on any atom is -0.497 e. The Morgan fingerprint density at radius 1 is 1.14 bits per heavy atom. The largest absolute Gasteiger partial charge is 0.497 e. The molecule has 3 aromatic rings. The first-order valence-corrected chi connectivity index (χ1v) is 11.2. The van der Waals surface area contributed by atoms with Crippen molar-refractivity contribution in [3.63, 3.8) is 0 Å². The van der Waals surface area contributed by atoms with E-state index < -0.39 is 10.0 Å². The average Bonchev–Trinajstić information content (AvgIpc) is 3.11. The van der Waals surface area contributed by atoms with Crippen LogP contribution in [-0.2, 0) is 16.6 Å². The number of hydrogen-bond acceptors (Lipinski definition) is 5. The van der Waals surface area contributed by atoms with Crippen LogP contribution in [0.15, 0.2) is 76.5 Å². The van der Waals surface area contributed by atoms with Crippen LogP contribution in [0.4, 0.5) is 5.69 Å². The summed E-state index contributed by atoms with van der Waals surface area (Å²) in [6.07, 6.45) is 1.81. The Hall–Kier alpha value is -2.68. The highest BCUT2D eigenvalue weighted by Gasteiger charge is 2.17. The second-order valence-corrected chi connectivity index (χ2v) is 9.41. The smallest absolute Gasteiger partial charge is 0.242 e. The molecule has 0 saturated heterocycles. The molecule has 1 aromatic heterocycles. The molecule has 152 valence electrons. The number of allylic oxidation sites excluding steroid dienone is 1. The predicted molar refractivity (Wildman–Crippen MR) is 117 cm³/mol. The van der Waals surface area contributed by atoms with Crippen LogP contribution in [0.3, 0.4) is 0 Å². The fourth-order valence-corrected chi connectivity index (χ4v) is 4.57. The SMILES string of the molecule is C=CCn1c(-c2ccc(S(=O)(=O)N(C)C)cc2)csc1=Nc1ccc(OC)cc1. The molecule has 0 aliphatic heterocycles. The molecule has 2 aromatic carbocycles. The van der Waals surface area contributed by atoms with Crippen LogP contribution in [0, 0.1) is 0 Å². The Morgan fingerprint density at radius 2 is 1.79 bits per heavy atom. The van der Waals surface area contributed by atoms with Crippen LogP contribution < -0.4 is 9.54 Å². The van der Waals surface area contributed by atoms with Gasteiger partial charge >= 0.3 is 0 Å². The monoisotopic (exact) mass is 429 g/mol. The third kappa shape index (κ3) is 4.50. The fraction of sp³-hybridized carbons (Fsp3) is 0.190. The molecule has 29 heavy (non-hydrogen) atoms. The van der Waals surface area contributed by atoms with Gasteiger partial charge < -0.3 is 9.30 Å². The third-order valence-corrected chi connectivity index (χ3v) is 7.03. The van der Waals surface area contributed by atoms with Gasteiger partial charge in [-0.15, -0.1) is 17.9 Å². The summed E-state index contributed by atoms with van der Waals surface area (Å²) in [7, 11) is 1.22. The van der Waals surface area contributed by atoms with Crippen molar-refractivity contribution in [2.75, 3.05) is 21.2 Å². The number of aromatic nitrogens is 1. The zero-order valence-electron chi connectivity index (χ0n) is 16.6. The second kappa shape index (κ2) is 8.77. The number of nitrogens with zero attached hydrogens (tertiary/aromatic N) is 3. The molecule has 0 spiro atoms. The van der Waals surface area contributed by atoms with Crippen molar-refractivity contribution in [3.05, 3.63) is 71.4 Å². The maximum Gasteiger partial charge on any atom is 0.242 e. The van der Waals surface area contributed by atoms with Crippen LogP contribution in [0.25, 0.3) is 11.3 Å². The van der Waals surface area contributed by atoms with E-state index in [1.165, 1.54) is 29.7 Å². The van der Waals surface area contributed by atoms with Crippen LogP contribution in [0.1, 0.15) is 0 Å². The van der Waals surface area contributed by atoms with E-state index in [0.29, 0.717) is 6.54 Å². The van der Waals surface area contributed by atoms with Gasteiger partial charge in [-0.3, -0.25) is 0 Å². The zero-order valence-corrected chi connectivity index (χ0v) is 18.2. The lowest BCUT2D eigenvalue weighted by Gasteiger charge is -2.12.